The maximum Gasteiger partial charge on any atom is 0.136 e. The van der Waals surface area contributed by atoms with Crippen LogP contribution in [0.1, 0.15) is 11.3 Å². The minimum atomic E-state index is 0.243. The highest BCUT2D eigenvalue weighted by molar-refractivity contribution is 6.09. The van der Waals surface area contributed by atoms with Crippen molar-refractivity contribution < 1.29 is 9.52 Å². The number of hydrogen-bond donors (Lipinski definition) is 1. The number of aryl methyl sites for hydroxylation is 2. The zero-order chi connectivity index (χ0) is 37.9. The second kappa shape index (κ2) is 13.3. The number of hydrogen-bond acceptors (Lipinski definition) is 4. The molecule has 4 aromatic heterocycles. The van der Waals surface area contributed by atoms with Crippen LogP contribution in [0, 0.1) is 13.8 Å². The van der Waals surface area contributed by atoms with Gasteiger partial charge < -0.3 is 14.1 Å². The summed E-state index contributed by atoms with van der Waals surface area (Å²) in [5.41, 5.74) is 15.2. The zero-order valence-corrected chi connectivity index (χ0v) is 31.3. The lowest BCUT2D eigenvalue weighted by Crippen LogP contribution is -1.97. The van der Waals surface area contributed by atoms with Crippen LogP contribution in [0.5, 0.6) is 5.75 Å². The van der Waals surface area contributed by atoms with E-state index in [1.165, 1.54) is 10.8 Å². The van der Waals surface area contributed by atoms with Crippen LogP contribution in [-0.2, 0) is 7.05 Å². The molecular formula is C51H37N3O2. The van der Waals surface area contributed by atoms with Gasteiger partial charge in [0.15, 0.2) is 0 Å². The van der Waals surface area contributed by atoms with Gasteiger partial charge in [0.2, 0.25) is 0 Å². The molecule has 0 aliphatic carbocycles. The van der Waals surface area contributed by atoms with E-state index in [4.69, 9.17) is 14.4 Å². The van der Waals surface area contributed by atoms with E-state index < -0.39 is 0 Å². The molecule has 0 spiro atoms. The van der Waals surface area contributed by atoms with Crippen LogP contribution in [0.4, 0.5) is 0 Å². The molecule has 4 heterocycles. The summed E-state index contributed by atoms with van der Waals surface area (Å²) in [7, 11) is 2.15. The first-order valence-electron chi connectivity index (χ1n) is 18.8. The Hall–Kier alpha value is -7.24. The molecule has 0 amide bonds. The molecular weight excluding hydrogens is 687 g/mol. The van der Waals surface area contributed by atoms with Crippen LogP contribution < -0.4 is 0 Å². The Morgan fingerprint density at radius 3 is 1.84 bits per heavy atom. The third-order valence-electron chi connectivity index (χ3n) is 10.9. The molecule has 0 bridgehead atoms. The fourth-order valence-electron chi connectivity index (χ4n) is 8.21. The molecule has 10 rings (SSSR count). The highest BCUT2D eigenvalue weighted by atomic mass is 16.3. The van der Waals surface area contributed by atoms with Crippen LogP contribution >= 0.6 is 0 Å². The average Bonchev–Trinajstić information content (AvgIpc) is 3.75. The zero-order valence-electron chi connectivity index (χ0n) is 31.3. The Kier molecular flexibility index (Phi) is 7.89. The Balaban J connectivity index is 1.09. The van der Waals surface area contributed by atoms with Crippen molar-refractivity contribution in [3.05, 3.63) is 175 Å². The Bertz CT molecular complexity index is 3140. The van der Waals surface area contributed by atoms with Crippen LogP contribution in [0.3, 0.4) is 0 Å². The number of furan rings is 1. The van der Waals surface area contributed by atoms with Gasteiger partial charge in [0.1, 0.15) is 16.9 Å². The highest BCUT2D eigenvalue weighted by Gasteiger charge is 2.20. The summed E-state index contributed by atoms with van der Waals surface area (Å²) in [4.78, 5) is 10.2. The monoisotopic (exact) mass is 723 g/mol. The Labute approximate surface area is 324 Å². The maximum absolute atomic E-state index is 11.1. The van der Waals surface area contributed by atoms with Crippen molar-refractivity contribution in [2.24, 2.45) is 7.05 Å². The Morgan fingerprint density at radius 1 is 0.446 bits per heavy atom. The predicted octanol–water partition coefficient (Wildman–Crippen LogP) is 13.2. The topological polar surface area (TPSA) is 64.1 Å². The lowest BCUT2D eigenvalue weighted by atomic mass is 9.97. The van der Waals surface area contributed by atoms with Crippen LogP contribution in [0.15, 0.2) is 168 Å². The standard InChI is InChI=1S/C51H37N3O2/c1-31-13-11-21-43(51(31)55)46-28-37(33-14-5-4-6-15-33)27-45(53-46)35-17-12-16-34(26-35)44-29-38(25-32(2)52-44)50-42-20-8-7-19-41(42)49(54(50)3)36-23-24-40-39-18-9-10-22-47(39)56-48(40)30-36/h4-30,55H,1-3H3. The SMILES string of the molecule is Cc1cc(-c2c3ccccc3c(-c3ccc4c(c3)oc3ccccc34)n2C)cc(-c2cccc(-c3cc(-c4ccccc4)cc(-c4cccc(C)c4O)n3)c2)n1. The van der Waals surface area contributed by atoms with Gasteiger partial charge in [-0.05, 0) is 85.1 Å². The van der Waals surface area contributed by atoms with Crippen molar-refractivity contribution in [1.29, 1.82) is 0 Å². The first-order chi connectivity index (χ1) is 27.4. The molecule has 268 valence electrons. The summed E-state index contributed by atoms with van der Waals surface area (Å²) in [6, 6.07) is 56.5. The third-order valence-corrected chi connectivity index (χ3v) is 10.9. The van der Waals surface area contributed by atoms with E-state index in [2.05, 4.69) is 134 Å². The smallest absolute Gasteiger partial charge is 0.136 e. The van der Waals surface area contributed by atoms with Crippen molar-refractivity contribution in [1.82, 2.24) is 14.5 Å². The molecule has 0 radical (unpaired) electrons. The number of phenols is 1. The van der Waals surface area contributed by atoms with E-state index in [0.717, 1.165) is 95.0 Å². The molecule has 0 unspecified atom stereocenters. The first-order valence-corrected chi connectivity index (χ1v) is 18.8. The molecule has 0 aliphatic heterocycles. The molecule has 5 nitrogen and oxygen atoms in total. The lowest BCUT2D eigenvalue weighted by molar-refractivity contribution is 0.473. The average molecular weight is 724 g/mol. The van der Waals surface area contributed by atoms with E-state index >= 15 is 0 Å². The number of phenolic OH excluding ortho intramolecular Hbond substituents is 1. The number of fused-ring (bicyclic) bond motifs is 4. The molecule has 0 saturated heterocycles. The number of aromatic nitrogens is 3. The number of benzene rings is 6. The number of nitrogens with zero attached hydrogens (tertiary/aromatic N) is 3. The van der Waals surface area contributed by atoms with Gasteiger partial charge in [-0.3, -0.25) is 4.98 Å². The van der Waals surface area contributed by atoms with Gasteiger partial charge in [0.05, 0.1) is 28.5 Å². The molecule has 6 aromatic carbocycles. The summed E-state index contributed by atoms with van der Waals surface area (Å²) in [5, 5.41) is 15.7. The van der Waals surface area contributed by atoms with Crippen molar-refractivity contribution in [3.63, 3.8) is 0 Å². The van der Waals surface area contributed by atoms with Crippen LogP contribution in [-0.4, -0.2) is 19.6 Å². The maximum atomic E-state index is 11.1. The second-order valence-electron chi connectivity index (χ2n) is 14.5. The van der Waals surface area contributed by atoms with Gasteiger partial charge in [-0.25, -0.2) is 4.98 Å². The van der Waals surface area contributed by atoms with Crippen molar-refractivity contribution in [2.45, 2.75) is 13.8 Å². The summed E-state index contributed by atoms with van der Waals surface area (Å²) >= 11 is 0. The fraction of sp³-hybridized carbons (Fsp3) is 0.0588. The summed E-state index contributed by atoms with van der Waals surface area (Å²) in [6.07, 6.45) is 0. The molecule has 10 aromatic rings. The van der Waals surface area contributed by atoms with Gasteiger partial charge in [-0.2, -0.15) is 0 Å². The molecule has 0 aliphatic rings. The summed E-state index contributed by atoms with van der Waals surface area (Å²) in [6.45, 7) is 3.97. The van der Waals surface area contributed by atoms with Gasteiger partial charge in [-0.1, -0.05) is 109 Å². The largest absolute Gasteiger partial charge is 0.507 e. The molecule has 5 heteroatoms. The fourth-order valence-corrected chi connectivity index (χ4v) is 8.21. The third kappa shape index (κ3) is 5.64. The normalized spacial score (nSPS) is 11.6. The molecule has 0 atom stereocenters. The van der Waals surface area contributed by atoms with Crippen molar-refractivity contribution >= 4 is 32.7 Å². The van der Waals surface area contributed by atoms with E-state index in [1.807, 2.05) is 55.5 Å². The second-order valence-corrected chi connectivity index (χ2v) is 14.5. The summed E-state index contributed by atoms with van der Waals surface area (Å²) < 4.78 is 8.62. The molecule has 0 saturated carbocycles. The van der Waals surface area contributed by atoms with E-state index in [1.54, 1.807) is 0 Å². The van der Waals surface area contributed by atoms with Crippen LogP contribution in [0.25, 0.3) is 100 Å². The minimum absolute atomic E-state index is 0.243. The quantitative estimate of drug-likeness (QED) is 0.185. The molecule has 56 heavy (non-hydrogen) atoms. The number of pyridine rings is 2. The van der Waals surface area contributed by atoms with Gasteiger partial charge in [-0.15, -0.1) is 0 Å². The molecule has 0 fully saturated rings. The van der Waals surface area contributed by atoms with E-state index in [0.29, 0.717) is 5.56 Å². The van der Waals surface area contributed by atoms with E-state index in [9.17, 15) is 5.11 Å². The van der Waals surface area contributed by atoms with Crippen molar-refractivity contribution in [2.75, 3.05) is 0 Å². The predicted molar refractivity (Wildman–Crippen MR) is 230 cm³/mol. The first kappa shape index (κ1) is 33.3. The summed E-state index contributed by atoms with van der Waals surface area (Å²) in [5.74, 6) is 0.243. The highest BCUT2D eigenvalue weighted by Crippen LogP contribution is 2.42. The number of para-hydroxylation sites is 2. The molecule has 1 N–H and O–H groups in total. The lowest BCUT2D eigenvalue weighted by Gasteiger charge is -2.14. The van der Waals surface area contributed by atoms with Crippen LogP contribution in [0.2, 0.25) is 0 Å². The van der Waals surface area contributed by atoms with Gasteiger partial charge >= 0.3 is 0 Å². The van der Waals surface area contributed by atoms with Gasteiger partial charge in [0, 0.05) is 62.1 Å². The Morgan fingerprint density at radius 2 is 1.05 bits per heavy atom. The number of aromatic hydroxyl groups is 1. The van der Waals surface area contributed by atoms with E-state index in [-0.39, 0.29) is 5.75 Å². The van der Waals surface area contributed by atoms with Gasteiger partial charge in [0.25, 0.3) is 0 Å². The minimum Gasteiger partial charge on any atom is -0.507 e. The number of rotatable bonds is 6. The van der Waals surface area contributed by atoms with Crippen molar-refractivity contribution in [3.8, 4) is 73.2 Å².